The molecule has 1 N–H and O–H groups in total. The SMILES string of the molecule is CCOc1ccc(/C=C/C(=O)OC(C)C(=O)Nc2ccc(F)cc2Cl)cc1. The summed E-state index contributed by atoms with van der Waals surface area (Å²) in [4.78, 5) is 24.0. The number of amides is 1. The molecule has 0 heterocycles. The van der Waals surface area contributed by atoms with Gasteiger partial charge in [-0.1, -0.05) is 23.7 Å². The standard InChI is InChI=1S/C20H19ClFNO4/c1-3-26-16-8-4-14(5-9-16)6-11-19(24)27-13(2)20(25)23-18-10-7-15(22)12-17(18)21/h4-13H,3H2,1-2H3,(H,23,25)/b11-6+. The summed E-state index contributed by atoms with van der Waals surface area (Å²) < 4.78 is 23.4. The molecule has 1 unspecified atom stereocenters. The number of anilines is 1. The number of halogens is 2. The zero-order valence-electron chi connectivity index (χ0n) is 14.9. The summed E-state index contributed by atoms with van der Waals surface area (Å²) in [6.07, 6.45) is 1.74. The first-order valence-corrected chi connectivity index (χ1v) is 8.64. The molecule has 0 fully saturated rings. The predicted octanol–water partition coefficient (Wildman–Crippen LogP) is 4.46. The number of hydrogen-bond donors (Lipinski definition) is 1. The Morgan fingerprint density at radius 1 is 1.22 bits per heavy atom. The van der Waals surface area contributed by atoms with Crippen LogP contribution in [-0.2, 0) is 14.3 Å². The monoisotopic (exact) mass is 391 g/mol. The second-order valence-corrected chi connectivity index (χ2v) is 5.94. The highest BCUT2D eigenvalue weighted by molar-refractivity contribution is 6.33. The third-order valence-electron chi connectivity index (χ3n) is 3.45. The quantitative estimate of drug-likeness (QED) is 0.559. The summed E-state index contributed by atoms with van der Waals surface area (Å²) in [5.74, 6) is -1.03. The van der Waals surface area contributed by atoms with Crippen LogP contribution in [0.5, 0.6) is 5.75 Å². The number of ether oxygens (including phenoxy) is 2. The Morgan fingerprint density at radius 3 is 2.56 bits per heavy atom. The van der Waals surface area contributed by atoms with E-state index in [1.54, 1.807) is 30.3 Å². The molecule has 27 heavy (non-hydrogen) atoms. The van der Waals surface area contributed by atoms with Gasteiger partial charge in [0.05, 0.1) is 17.3 Å². The molecule has 0 aliphatic heterocycles. The van der Waals surface area contributed by atoms with E-state index in [0.717, 1.165) is 23.4 Å². The molecule has 0 spiro atoms. The lowest BCUT2D eigenvalue weighted by molar-refractivity contribution is -0.148. The molecule has 0 saturated carbocycles. The zero-order valence-corrected chi connectivity index (χ0v) is 15.6. The highest BCUT2D eigenvalue weighted by Crippen LogP contribution is 2.22. The Labute approximate surface area is 161 Å². The van der Waals surface area contributed by atoms with E-state index in [9.17, 15) is 14.0 Å². The molecule has 7 heteroatoms. The van der Waals surface area contributed by atoms with Gasteiger partial charge in [-0.3, -0.25) is 4.79 Å². The van der Waals surface area contributed by atoms with Crippen molar-refractivity contribution in [1.29, 1.82) is 0 Å². The zero-order chi connectivity index (χ0) is 19.8. The lowest BCUT2D eigenvalue weighted by atomic mass is 10.2. The minimum absolute atomic E-state index is 0.0530. The predicted molar refractivity (Wildman–Crippen MR) is 102 cm³/mol. The Hall–Kier alpha value is -2.86. The fourth-order valence-electron chi connectivity index (χ4n) is 2.10. The fraction of sp³-hybridized carbons (Fsp3) is 0.200. The summed E-state index contributed by atoms with van der Waals surface area (Å²) in [6.45, 7) is 3.89. The molecule has 2 aromatic carbocycles. The van der Waals surface area contributed by atoms with Crippen molar-refractivity contribution in [3.05, 3.63) is 64.9 Å². The van der Waals surface area contributed by atoms with Crippen molar-refractivity contribution in [3.8, 4) is 5.75 Å². The number of nitrogens with one attached hydrogen (secondary N) is 1. The summed E-state index contributed by atoms with van der Waals surface area (Å²) in [6, 6.07) is 10.7. The van der Waals surface area contributed by atoms with Crippen molar-refractivity contribution in [1.82, 2.24) is 0 Å². The minimum atomic E-state index is -1.05. The van der Waals surface area contributed by atoms with Crippen LogP contribution in [0.2, 0.25) is 5.02 Å². The van der Waals surface area contributed by atoms with Crippen LogP contribution >= 0.6 is 11.6 Å². The highest BCUT2D eigenvalue weighted by Gasteiger charge is 2.17. The topological polar surface area (TPSA) is 64.6 Å². The van der Waals surface area contributed by atoms with Gasteiger partial charge in [-0.2, -0.15) is 0 Å². The van der Waals surface area contributed by atoms with Crippen molar-refractivity contribution in [3.63, 3.8) is 0 Å². The molecule has 1 atom stereocenters. The third-order valence-corrected chi connectivity index (χ3v) is 3.77. The molecule has 0 radical (unpaired) electrons. The average molecular weight is 392 g/mol. The molecule has 0 aliphatic rings. The molecule has 2 rings (SSSR count). The van der Waals surface area contributed by atoms with Crippen LogP contribution in [0.25, 0.3) is 6.08 Å². The van der Waals surface area contributed by atoms with E-state index in [1.807, 2.05) is 6.92 Å². The van der Waals surface area contributed by atoms with Crippen LogP contribution in [0.1, 0.15) is 19.4 Å². The molecule has 0 aliphatic carbocycles. The second kappa shape index (κ2) is 9.73. The van der Waals surface area contributed by atoms with E-state index in [-0.39, 0.29) is 10.7 Å². The molecule has 0 bridgehead atoms. The van der Waals surface area contributed by atoms with Gasteiger partial charge in [0.15, 0.2) is 6.10 Å². The first-order chi connectivity index (χ1) is 12.9. The van der Waals surface area contributed by atoms with Crippen LogP contribution in [0.15, 0.2) is 48.5 Å². The lowest BCUT2D eigenvalue weighted by Crippen LogP contribution is -2.29. The summed E-state index contributed by atoms with van der Waals surface area (Å²) in [5, 5.41) is 2.53. The molecule has 5 nitrogen and oxygen atoms in total. The average Bonchev–Trinajstić information content (AvgIpc) is 2.63. The fourth-order valence-corrected chi connectivity index (χ4v) is 2.31. The Balaban J connectivity index is 1.89. The van der Waals surface area contributed by atoms with E-state index in [1.165, 1.54) is 19.1 Å². The highest BCUT2D eigenvalue weighted by atomic mass is 35.5. The van der Waals surface area contributed by atoms with E-state index < -0.39 is 23.8 Å². The minimum Gasteiger partial charge on any atom is -0.494 e. The van der Waals surface area contributed by atoms with Gasteiger partial charge < -0.3 is 14.8 Å². The molecule has 142 valence electrons. The van der Waals surface area contributed by atoms with E-state index in [0.29, 0.717) is 6.61 Å². The molecular formula is C20H19ClFNO4. The van der Waals surface area contributed by atoms with Crippen LogP contribution in [-0.4, -0.2) is 24.6 Å². The lowest BCUT2D eigenvalue weighted by Gasteiger charge is -2.13. The van der Waals surface area contributed by atoms with Gasteiger partial charge in [0.25, 0.3) is 5.91 Å². The molecule has 1 amide bonds. The van der Waals surface area contributed by atoms with Gasteiger partial charge in [-0.25, -0.2) is 9.18 Å². The number of carbonyl (C=O) groups excluding carboxylic acids is 2. The van der Waals surface area contributed by atoms with Crippen molar-refractivity contribution in [2.24, 2.45) is 0 Å². The van der Waals surface area contributed by atoms with Crippen LogP contribution in [0.3, 0.4) is 0 Å². The van der Waals surface area contributed by atoms with Crippen molar-refractivity contribution >= 4 is 35.2 Å². The number of benzene rings is 2. The van der Waals surface area contributed by atoms with E-state index >= 15 is 0 Å². The first-order valence-electron chi connectivity index (χ1n) is 8.26. The van der Waals surface area contributed by atoms with Gasteiger partial charge in [0.2, 0.25) is 0 Å². The Kier molecular flexibility index (Phi) is 7.37. The summed E-state index contributed by atoms with van der Waals surface area (Å²) in [5.41, 5.74) is 1.02. The van der Waals surface area contributed by atoms with Crippen LogP contribution in [0, 0.1) is 5.82 Å². The molecule has 0 aromatic heterocycles. The van der Waals surface area contributed by atoms with Gasteiger partial charge in [-0.05, 0) is 55.8 Å². The largest absolute Gasteiger partial charge is 0.494 e. The van der Waals surface area contributed by atoms with E-state index in [4.69, 9.17) is 21.1 Å². The van der Waals surface area contributed by atoms with Crippen molar-refractivity contribution in [2.45, 2.75) is 20.0 Å². The van der Waals surface area contributed by atoms with Crippen LogP contribution < -0.4 is 10.1 Å². The number of hydrogen-bond acceptors (Lipinski definition) is 4. The molecular weight excluding hydrogens is 373 g/mol. The maximum absolute atomic E-state index is 13.0. The second-order valence-electron chi connectivity index (χ2n) is 5.53. The maximum Gasteiger partial charge on any atom is 0.331 e. The van der Waals surface area contributed by atoms with Gasteiger partial charge in [0, 0.05) is 6.08 Å². The van der Waals surface area contributed by atoms with Crippen molar-refractivity contribution in [2.75, 3.05) is 11.9 Å². The molecule has 0 saturated heterocycles. The van der Waals surface area contributed by atoms with Gasteiger partial charge in [0.1, 0.15) is 11.6 Å². The van der Waals surface area contributed by atoms with E-state index in [2.05, 4.69) is 5.32 Å². The summed E-state index contributed by atoms with van der Waals surface area (Å²) in [7, 11) is 0. The number of rotatable bonds is 7. The number of esters is 1. The Bertz CT molecular complexity index is 836. The van der Waals surface area contributed by atoms with Crippen molar-refractivity contribution < 1.29 is 23.5 Å². The maximum atomic E-state index is 13.0. The van der Waals surface area contributed by atoms with Gasteiger partial charge in [-0.15, -0.1) is 0 Å². The summed E-state index contributed by atoms with van der Waals surface area (Å²) >= 11 is 5.85. The van der Waals surface area contributed by atoms with Crippen LogP contribution in [0.4, 0.5) is 10.1 Å². The first kappa shape index (κ1) is 20.5. The third kappa shape index (κ3) is 6.42. The van der Waals surface area contributed by atoms with Gasteiger partial charge >= 0.3 is 5.97 Å². The normalized spacial score (nSPS) is 11.9. The smallest absolute Gasteiger partial charge is 0.331 e. The Morgan fingerprint density at radius 2 is 1.93 bits per heavy atom. The molecule has 2 aromatic rings. The number of carbonyl (C=O) groups is 2.